The number of carbonyl (C=O) groups excluding carboxylic acids is 1. The second kappa shape index (κ2) is 7.57. The van der Waals surface area contributed by atoms with Crippen LogP contribution in [0.2, 0.25) is 0 Å². The molecule has 1 heterocycles. The van der Waals surface area contributed by atoms with Gasteiger partial charge in [-0.2, -0.15) is 5.10 Å². The van der Waals surface area contributed by atoms with Gasteiger partial charge in [0.2, 0.25) is 5.91 Å². The van der Waals surface area contributed by atoms with Gasteiger partial charge in [0.1, 0.15) is 0 Å². The fraction of sp³-hybridized carbons (Fsp3) is 0.200. The molecule has 0 radical (unpaired) electrons. The average molecular weight is 351 g/mol. The second-order valence-electron chi connectivity index (χ2n) is 5.85. The molecule has 0 aliphatic heterocycles. The molecule has 0 fully saturated rings. The molecule has 4 nitrogen and oxygen atoms in total. The lowest BCUT2D eigenvalue weighted by Crippen LogP contribution is -2.15. The van der Waals surface area contributed by atoms with Crippen LogP contribution >= 0.6 is 11.8 Å². The average Bonchev–Trinajstić information content (AvgIpc) is 2.91. The molecule has 0 aliphatic rings. The van der Waals surface area contributed by atoms with Crippen molar-refractivity contribution < 1.29 is 4.79 Å². The molecule has 0 saturated heterocycles. The van der Waals surface area contributed by atoms with E-state index in [1.165, 1.54) is 4.90 Å². The Bertz CT molecular complexity index is 870. The summed E-state index contributed by atoms with van der Waals surface area (Å²) < 4.78 is 1.89. The first-order valence-corrected chi connectivity index (χ1v) is 9.35. The summed E-state index contributed by atoms with van der Waals surface area (Å²) in [5, 5.41) is 7.56. The Kier molecular flexibility index (Phi) is 5.24. The molecular weight excluding hydrogens is 330 g/mol. The number of hydrogen-bond donors (Lipinski definition) is 1. The molecule has 0 saturated carbocycles. The first-order valence-electron chi connectivity index (χ1n) is 8.13. The maximum atomic E-state index is 12.4. The minimum atomic E-state index is -0.0317. The van der Waals surface area contributed by atoms with Crippen molar-refractivity contribution in [3.63, 3.8) is 0 Å². The molecule has 0 unspecified atom stereocenters. The number of nitrogens with one attached hydrogen (secondary N) is 1. The van der Waals surface area contributed by atoms with E-state index in [9.17, 15) is 4.79 Å². The highest BCUT2D eigenvalue weighted by Gasteiger charge is 2.16. The number of aryl methyl sites for hydroxylation is 1. The van der Waals surface area contributed by atoms with Gasteiger partial charge in [0.15, 0.2) is 0 Å². The number of aromatic nitrogens is 2. The Morgan fingerprint density at radius 2 is 1.76 bits per heavy atom. The third-order valence-electron chi connectivity index (χ3n) is 4.15. The van der Waals surface area contributed by atoms with Gasteiger partial charge in [0, 0.05) is 21.8 Å². The van der Waals surface area contributed by atoms with E-state index in [1.54, 1.807) is 11.8 Å². The third-order valence-corrected chi connectivity index (χ3v) is 4.90. The topological polar surface area (TPSA) is 46.9 Å². The highest BCUT2D eigenvalue weighted by molar-refractivity contribution is 7.98. The van der Waals surface area contributed by atoms with Crippen LogP contribution in [0.15, 0.2) is 59.5 Å². The number of thioether (sulfide) groups is 1. The molecule has 3 rings (SSSR count). The van der Waals surface area contributed by atoms with Gasteiger partial charge in [-0.25, -0.2) is 4.68 Å². The van der Waals surface area contributed by atoms with Gasteiger partial charge in [-0.05, 0) is 56.5 Å². The highest BCUT2D eigenvalue weighted by Crippen LogP contribution is 2.20. The molecule has 3 aromatic rings. The Balaban J connectivity index is 1.76. The molecule has 0 atom stereocenters. The van der Waals surface area contributed by atoms with E-state index in [4.69, 9.17) is 0 Å². The van der Waals surface area contributed by atoms with Crippen LogP contribution in [0.5, 0.6) is 0 Å². The Morgan fingerprint density at radius 3 is 2.40 bits per heavy atom. The smallest absolute Gasteiger partial charge is 0.228 e. The molecule has 25 heavy (non-hydrogen) atoms. The van der Waals surface area contributed by atoms with Crippen LogP contribution in [0.3, 0.4) is 0 Å². The lowest BCUT2D eigenvalue weighted by molar-refractivity contribution is -0.115. The van der Waals surface area contributed by atoms with Gasteiger partial charge in [-0.1, -0.05) is 18.2 Å². The number of anilines is 1. The zero-order valence-corrected chi connectivity index (χ0v) is 15.4. The predicted molar refractivity (Wildman–Crippen MR) is 104 cm³/mol. The molecule has 0 aliphatic carbocycles. The van der Waals surface area contributed by atoms with E-state index < -0.39 is 0 Å². The molecule has 5 heteroatoms. The summed E-state index contributed by atoms with van der Waals surface area (Å²) in [6, 6.07) is 17.8. The van der Waals surface area contributed by atoms with Gasteiger partial charge < -0.3 is 5.32 Å². The Hall–Kier alpha value is -2.53. The molecule has 1 N–H and O–H groups in total. The Labute approximate surface area is 152 Å². The summed E-state index contributed by atoms with van der Waals surface area (Å²) in [4.78, 5) is 13.6. The van der Waals surface area contributed by atoms with Crippen LogP contribution in [-0.2, 0) is 11.2 Å². The highest BCUT2D eigenvalue weighted by atomic mass is 32.2. The van der Waals surface area contributed by atoms with Crippen LogP contribution in [0.4, 0.5) is 5.69 Å². The van der Waals surface area contributed by atoms with Crippen LogP contribution in [0, 0.1) is 13.8 Å². The predicted octanol–water partition coefficient (Wildman–Crippen LogP) is 4.39. The Morgan fingerprint density at radius 1 is 1.08 bits per heavy atom. The minimum Gasteiger partial charge on any atom is -0.326 e. The number of benzene rings is 2. The normalized spacial score (nSPS) is 10.7. The fourth-order valence-electron chi connectivity index (χ4n) is 2.79. The first kappa shape index (κ1) is 17.3. The number of para-hydroxylation sites is 1. The van der Waals surface area contributed by atoms with E-state index in [2.05, 4.69) is 10.4 Å². The van der Waals surface area contributed by atoms with Crippen molar-refractivity contribution in [3.05, 3.63) is 71.5 Å². The maximum Gasteiger partial charge on any atom is 0.228 e. The van der Waals surface area contributed by atoms with E-state index in [0.717, 1.165) is 28.3 Å². The number of nitrogens with zero attached hydrogens (tertiary/aromatic N) is 2. The van der Waals surface area contributed by atoms with Gasteiger partial charge in [0.05, 0.1) is 17.8 Å². The largest absolute Gasteiger partial charge is 0.326 e. The quantitative estimate of drug-likeness (QED) is 0.693. The number of amides is 1. The molecule has 2 aromatic carbocycles. The van der Waals surface area contributed by atoms with Gasteiger partial charge in [-0.15, -0.1) is 11.8 Å². The van der Waals surface area contributed by atoms with Crippen LogP contribution in [0.1, 0.15) is 17.0 Å². The molecule has 128 valence electrons. The SMILES string of the molecule is CSc1ccc(NC(=O)Cc2c(C)nn(-c3ccccc3)c2C)cc1. The standard InChI is InChI=1S/C20H21N3OS/c1-14-19(15(2)23(22-14)17-7-5-4-6-8-17)13-20(24)21-16-9-11-18(25-3)12-10-16/h4-12H,13H2,1-3H3,(H,21,24). The number of carbonyl (C=O) groups is 1. The fourth-order valence-corrected chi connectivity index (χ4v) is 3.20. The van der Waals surface area contributed by atoms with Crippen LogP contribution in [0.25, 0.3) is 5.69 Å². The van der Waals surface area contributed by atoms with Crippen molar-refractivity contribution in [2.45, 2.75) is 25.2 Å². The van der Waals surface area contributed by atoms with Gasteiger partial charge >= 0.3 is 0 Å². The molecular formula is C20H21N3OS. The van der Waals surface area contributed by atoms with Crippen molar-refractivity contribution in [2.24, 2.45) is 0 Å². The van der Waals surface area contributed by atoms with Crippen LogP contribution in [-0.4, -0.2) is 21.9 Å². The molecule has 0 spiro atoms. The first-order chi connectivity index (χ1) is 12.1. The van der Waals surface area contributed by atoms with E-state index in [1.807, 2.05) is 79.4 Å². The second-order valence-corrected chi connectivity index (χ2v) is 6.73. The minimum absolute atomic E-state index is 0.0317. The summed E-state index contributed by atoms with van der Waals surface area (Å²) in [5.74, 6) is -0.0317. The summed E-state index contributed by atoms with van der Waals surface area (Å²) in [6.45, 7) is 3.95. The zero-order valence-electron chi connectivity index (χ0n) is 14.6. The van der Waals surface area contributed by atoms with E-state index in [-0.39, 0.29) is 5.91 Å². The lowest BCUT2D eigenvalue weighted by Gasteiger charge is -2.07. The van der Waals surface area contributed by atoms with Crippen molar-refractivity contribution in [1.29, 1.82) is 0 Å². The molecule has 1 aromatic heterocycles. The molecule has 0 bridgehead atoms. The van der Waals surface area contributed by atoms with Gasteiger partial charge in [0.25, 0.3) is 0 Å². The summed E-state index contributed by atoms with van der Waals surface area (Å²) >= 11 is 1.68. The van der Waals surface area contributed by atoms with Crippen molar-refractivity contribution in [3.8, 4) is 5.69 Å². The van der Waals surface area contributed by atoms with Crippen molar-refractivity contribution >= 4 is 23.4 Å². The lowest BCUT2D eigenvalue weighted by atomic mass is 10.1. The number of rotatable bonds is 5. The number of hydrogen-bond acceptors (Lipinski definition) is 3. The molecule has 1 amide bonds. The zero-order chi connectivity index (χ0) is 17.8. The summed E-state index contributed by atoms with van der Waals surface area (Å²) in [7, 11) is 0. The van der Waals surface area contributed by atoms with Crippen LogP contribution < -0.4 is 5.32 Å². The summed E-state index contributed by atoms with van der Waals surface area (Å²) in [6.07, 6.45) is 2.35. The third kappa shape index (κ3) is 3.94. The van der Waals surface area contributed by atoms with Crippen molar-refractivity contribution in [1.82, 2.24) is 9.78 Å². The van der Waals surface area contributed by atoms with E-state index >= 15 is 0 Å². The van der Waals surface area contributed by atoms with Crippen molar-refractivity contribution in [2.75, 3.05) is 11.6 Å². The monoisotopic (exact) mass is 351 g/mol. The summed E-state index contributed by atoms with van der Waals surface area (Å²) in [5.41, 5.74) is 4.67. The van der Waals surface area contributed by atoms with Gasteiger partial charge in [-0.3, -0.25) is 4.79 Å². The maximum absolute atomic E-state index is 12.4. The van der Waals surface area contributed by atoms with E-state index in [0.29, 0.717) is 6.42 Å².